The Morgan fingerprint density at radius 3 is 2.17 bits per heavy atom. The van der Waals surface area contributed by atoms with Crippen LogP contribution in [0.3, 0.4) is 0 Å². The van der Waals surface area contributed by atoms with Crippen molar-refractivity contribution in [2.75, 3.05) is 23.0 Å². The van der Waals surface area contributed by atoms with Gasteiger partial charge in [0.2, 0.25) is 5.91 Å². The van der Waals surface area contributed by atoms with E-state index in [-0.39, 0.29) is 41.5 Å². The largest absolute Gasteiger partial charge is 0.306 e. The molecule has 2 fully saturated rings. The summed E-state index contributed by atoms with van der Waals surface area (Å²) in [7, 11) is -3.19. The average Bonchev–Trinajstić information content (AvgIpc) is 2.97. The molecule has 0 aromatic heterocycles. The highest BCUT2D eigenvalue weighted by molar-refractivity contribution is 7.91. The smallest absolute Gasteiger partial charge is 0.241 e. The van der Waals surface area contributed by atoms with E-state index in [9.17, 15) is 13.2 Å². The second kappa shape index (κ2) is 7.26. The van der Waals surface area contributed by atoms with Gasteiger partial charge in [-0.15, -0.1) is 0 Å². The molecule has 2 aromatic carbocycles. The zero-order valence-electron chi connectivity index (χ0n) is 17.2. The fourth-order valence-corrected chi connectivity index (χ4v) is 6.39. The maximum absolute atomic E-state index is 13.1. The molecule has 154 valence electrons. The normalized spacial score (nSPS) is 24.5. The average molecular weight is 413 g/mol. The van der Waals surface area contributed by atoms with Crippen LogP contribution >= 0.6 is 0 Å². The molecule has 0 aliphatic carbocycles. The summed E-state index contributed by atoms with van der Waals surface area (Å²) < 4.78 is 25.0. The summed E-state index contributed by atoms with van der Waals surface area (Å²) in [6, 6.07) is 17.4. The number of benzene rings is 2. The minimum atomic E-state index is -3.19. The molecule has 0 spiro atoms. The molecule has 5 nitrogen and oxygen atoms in total. The van der Waals surface area contributed by atoms with Crippen molar-refractivity contribution in [1.82, 2.24) is 4.90 Å². The third kappa shape index (κ3) is 4.09. The molecule has 2 heterocycles. The Morgan fingerprint density at radius 2 is 1.55 bits per heavy atom. The van der Waals surface area contributed by atoms with E-state index in [0.29, 0.717) is 6.54 Å². The minimum Gasteiger partial charge on any atom is -0.306 e. The summed E-state index contributed by atoms with van der Waals surface area (Å²) in [5, 5.41) is 0. The molecule has 29 heavy (non-hydrogen) atoms. The summed E-state index contributed by atoms with van der Waals surface area (Å²) in [5.74, 6) is 0.0900. The van der Waals surface area contributed by atoms with E-state index in [1.165, 1.54) is 5.56 Å². The monoisotopic (exact) mass is 412 g/mol. The van der Waals surface area contributed by atoms with Crippen LogP contribution in [0.5, 0.6) is 0 Å². The number of amides is 1. The molecule has 2 saturated heterocycles. The van der Waals surface area contributed by atoms with Crippen molar-refractivity contribution in [1.29, 1.82) is 0 Å². The standard InChI is InChI=1S/C23H28N2O3S/c1-23(2,3)18-9-11-19(12-10-18)25-21-16-29(27,28)15-20(21)24(14-22(25)26)13-17-7-5-4-6-8-17/h4-12,20-21H,13-16H2,1-3H3. The predicted molar refractivity (Wildman–Crippen MR) is 116 cm³/mol. The number of rotatable bonds is 3. The summed E-state index contributed by atoms with van der Waals surface area (Å²) in [5.41, 5.74) is 3.09. The van der Waals surface area contributed by atoms with Crippen molar-refractivity contribution in [3.8, 4) is 0 Å². The van der Waals surface area contributed by atoms with E-state index in [4.69, 9.17) is 0 Å². The van der Waals surface area contributed by atoms with Gasteiger partial charge in [-0.05, 0) is 28.7 Å². The van der Waals surface area contributed by atoms with Gasteiger partial charge in [-0.3, -0.25) is 9.69 Å². The molecule has 6 heteroatoms. The van der Waals surface area contributed by atoms with Crippen LogP contribution in [0.2, 0.25) is 0 Å². The molecule has 2 aliphatic rings. The fourth-order valence-electron chi connectivity index (χ4n) is 4.41. The van der Waals surface area contributed by atoms with Crippen molar-refractivity contribution < 1.29 is 13.2 Å². The molecule has 2 aromatic rings. The Balaban J connectivity index is 1.64. The number of nitrogens with zero attached hydrogens (tertiary/aromatic N) is 2. The van der Waals surface area contributed by atoms with Crippen LogP contribution in [0.4, 0.5) is 5.69 Å². The third-order valence-electron chi connectivity index (χ3n) is 5.94. The maximum atomic E-state index is 13.1. The lowest BCUT2D eigenvalue weighted by molar-refractivity contribution is -0.123. The van der Waals surface area contributed by atoms with Gasteiger partial charge in [0.05, 0.1) is 24.1 Å². The molecule has 2 unspecified atom stereocenters. The molecule has 1 amide bonds. The van der Waals surface area contributed by atoms with Gasteiger partial charge in [0, 0.05) is 18.3 Å². The van der Waals surface area contributed by atoms with Gasteiger partial charge < -0.3 is 4.90 Å². The molecule has 0 N–H and O–H groups in total. The molecule has 2 atom stereocenters. The highest BCUT2D eigenvalue weighted by Crippen LogP contribution is 2.33. The Hall–Kier alpha value is -2.18. The molecular formula is C23H28N2O3S. The Morgan fingerprint density at radius 1 is 0.931 bits per heavy atom. The van der Waals surface area contributed by atoms with E-state index in [0.717, 1.165) is 11.3 Å². The molecular weight excluding hydrogens is 384 g/mol. The second-order valence-corrected chi connectivity index (χ2v) is 11.3. The number of anilines is 1. The van der Waals surface area contributed by atoms with Crippen molar-refractivity contribution in [3.63, 3.8) is 0 Å². The lowest BCUT2D eigenvalue weighted by Gasteiger charge is -2.43. The van der Waals surface area contributed by atoms with Crippen molar-refractivity contribution >= 4 is 21.4 Å². The molecule has 2 aliphatic heterocycles. The van der Waals surface area contributed by atoms with Gasteiger partial charge in [-0.2, -0.15) is 0 Å². The predicted octanol–water partition coefficient (Wildman–Crippen LogP) is 3.00. The van der Waals surface area contributed by atoms with Crippen LogP contribution in [0.15, 0.2) is 54.6 Å². The number of hydrogen-bond donors (Lipinski definition) is 0. The number of sulfone groups is 1. The minimum absolute atomic E-state index is 0.0235. The first-order chi connectivity index (χ1) is 13.6. The first-order valence-electron chi connectivity index (χ1n) is 10.0. The van der Waals surface area contributed by atoms with Gasteiger partial charge in [-0.25, -0.2) is 8.42 Å². The zero-order chi connectivity index (χ0) is 20.8. The van der Waals surface area contributed by atoms with Crippen LogP contribution in [-0.2, 0) is 26.6 Å². The SMILES string of the molecule is CC(C)(C)c1ccc(N2C(=O)CN(Cc3ccccc3)C3CS(=O)(=O)CC32)cc1. The van der Waals surface area contributed by atoms with Crippen molar-refractivity contribution in [3.05, 3.63) is 65.7 Å². The van der Waals surface area contributed by atoms with Crippen LogP contribution in [0, 0.1) is 0 Å². The topological polar surface area (TPSA) is 57.7 Å². The van der Waals surface area contributed by atoms with Gasteiger partial charge in [0.25, 0.3) is 0 Å². The van der Waals surface area contributed by atoms with Crippen LogP contribution in [0.1, 0.15) is 31.9 Å². The zero-order valence-corrected chi connectivity index (χ0v) is 18.0. The van der Waals surface area contributed by atoms with E-state index in [1.807, 2.05) is 59.5 Å². The molecule has 0 radical (unpaired) electrons. The number of carbonyl (C=O) groups excluding carboxylic acids is 1. The van der Waals surface area contributed by atoms with E-state index >= 15 is 0 Å². The highest BCUT2D eigenvalue weighted by atomic mass is 32.2. The van der Waals surface area contributed by atoms with Crippen molar-refractivity contribution in [2.45, 2.75) is 44.8 Å². The maximum Gasteiger partial charge on any atom is 0.241 e. The lowest BCUT2D eigenvalue weighted by atomic mass is 9.87. The molecule has 0 bridgehead atoms. The van der Waals surface area contributed by atoms with Gasteiger partial charge in [0.1, 0.15) is 0 Å². The summed E-state index contributed by atoms with van der Waals surface area (Å²) >= 11 is 0. The Labute approximate surface area is 173 Å². The number of piperazine rings is 1. The quantitative estimate of drug-likeness (QED) is 0.778. The van der Waals surface area contributed by atoms with Crippen LogP contribution < -0.4 is 4.90 Å². The molecule has 0 saturated carbocycles. The number of hydrogen-bond acceptors (Lipinski definition) is 4. The van der Waals surface area contributed by atoms with E-state index in [1.54, 1.807) is 4.90 Å². The van der Waals surface area contributed by atoms with E-state index in [2.05, 4.69) is 20.8 Å². The van der Waals surface area contributed by atoms with Crippen LogP contribution in [-0.4, -0.2) is 49.4 Å². The van der Waals surface area contributed by atoms with Crippen LogP contribution in [0.25, 0.3) is 0 Å². The highest BCUT2D eigenvalue weighted by Gasteiger charge is 2.49. The summed E-state index contributed by atoms with van der Waals surface area (Å²) in [6.07, 6.45) is 0. The summed E-state index contributed by atoms with van der Waals surface area (Å²) in [6.45, 7) is 7.26. The third-order valence-corrected chi connectivity index (χ3v) is 7.64. The van der Waals surface area contributed by atoms with E-state index < -0.39 is 9.84 Å². The van der Waals surface area contributed by atoms with Gasteiger partial charge >= 0.3 is 0 Å². The fraction of sp³-hybridized carbons (Fsp3) is 0.435. The first kappa shape index (κ1) is 20.1. The van der Waals surface area contributed by atoms with Crippen molar-refractivity contribution in [2.24, 2.45) is 0 Å². The summed E-state index contributed by atoms with van der Waals surface area (Å²) in [4.78, 5) is 16.9. The van der Waals surface area contributed by atoms with Gasteiger partial charge in [0.15, 0.2) is 9.84 Å². The van der Waals surface area contributed by atoms with Gasteiger partial charge in [-0.1, -0.05) is 63.2 Å². The molecule has 4 rings (SSSR count). The Kier molecular flexibility index (Phi) is 5.03. The lowest BCUT2D eigenvalue weighted by Crippen LogP contribution is -2.61. The Bertz CT molecular complexity index is 995. The number of carbonyl (C=O) groups is 1. The first-order valence-corrected chi connectivity index (χ1v) is 11.9. The second-order valence-electron chi connectivity index (χ2n) is 9.16. The number of fused-ring (bicyclic) bond motifs is 1.